The predicted octanol–water partition coefficient (Wildman–Crippen LogP) is 5.23. The van der Waals surface area contributed by atoms with Crippen LogP contribution in [0.3, 0.4) is 0 Å². The van der Waals surface area contributed by atoms with Crippen LogP contribution >= 0.6 is 0 Å². The minimum Gasteiger partial charge on any atom is -0.379 e. The van der Waals surface area contributed by atoms with Crippen LogP contribution < -0.4 is 10.0 Å². The Balaban J connectivity index is 1.19. The van der Waals surface area contributed by atoms with Gasteiger partial charge in [0.15, 0.2) is 4.90 Å². The van der Waals surface area contributed by atoms with Crippen molar-refractivity contribution < 1.29 is 21.9 Å². The molecular weight excluding hydrogens is 536 g/mol. The molecule has 5 rings (SSSR count). The number of aromatic nitrogens is 2. The molecule has 0 spiro atoms. The minimum absolute atomic E-state index is 0.154. The Bertz CT molecular complexity index is 1520. The van der Waals surface area contributed by atoms with E-state index >= 15 is 0 Å². The first-order valence-electron chi connectivity index (χ1n) is 12.9. The maximum Gasteiger partial charge on any atom is 0.267 e. The molecule has 0 unspecified atom stereocenters. The molecule has 0 radical (unpaired) electrons. The molecule has 40 heavy (non-hydrogen) atoms. The van der Waals surface area contributed by atoms with E-state index in [2.05, 4.69) is 49.2 Å². The lowest BCUT2D eigenvalue weighted by Gasteiger charge is -2.26. The smallest absolute Gasteiger partial charge is 0.267 e. The summed E-state index contributed by atoms with van der Waals surface area (Å²) in [6, 6.07) is 19.3. The molecule has 0 atom stereocenters. The van der Waals surface area contributed by atoms with Gasteiger partial charge in [-0.15, -0.1) is 0 Å². The molecule has 208 valence electrons. The number of benzene rings is 3. The summed E-state index contributed by atoms with van der Waals surface area (Å²) in [7, 11) is -4.44. The van der Waals surface area contributed by atoms with Gasteiger partial charge in [-0.05, 0) is 61.3 Å². The van der Waals surface area contributed by atoms with Gasteiger partial charge < -0.3 is 10.1 Å². The molecule has 1 aliphatic heterocycles. The molecule has 0 bridgehead atoms. The van der Waals surface area contributed by atoms with Crippen LogP contribution in [0.15, 0.2) is 84.0 Å². The maximum atomic E-state index is 14.0. The zero-order valence-corrected chi connectivity index (χ0v) is 22.5. The van der Waals surface area contributed by atoms with Crippen molar-refractivity contribution in [3.8, 4) is 11.3 Å². The molecule has 2 N–H and O–H groups in total. The maximum absolute atomic E-state index is 14.0. The van der Waals surface area contributed by atoms with Crippen LogP contribution in [0.2, 0.25) is 0 Å². The minimum atomic E-state index is -4.44. The largest absolute Gasteiger partial charge is 0.379 e. The molecule has 2 heterocycles. The fraction of sp³-hybridized carbons (Fsp3) is 0.241. The van der Waals surface area contributed by atoms with Gasteiger partial charge in [-0.3, -0.25) is 9.62 Å². The van der Waals surface area contributed by atoms with Gasteiger partial charge in [0.05, 0.1) is 18.9 Å². The van der Waals surface area contributed by atoms with Crippen LogP contribution in [0.4, 0.5) is 26.0 Å². The normalized spacial score (nSPS) is 14.2. The number of morpholine rings is 1. The molecule has 0 aliphatic carbocycles. The average molecular weight is 566 g/mol. The van der Waals surface area contributed by atoms with E-state index < -0.39 is 26.6 Å². The number of ether oxygens (including phenoxy) is 1. The van der Waals surface area contributed by atoms with Crippen LogP contribution in [-0.2, 0) is 21.2 Å². The van der Waals surface area contributed by atoms with Crippen LogP contribution in [0.1, 0.15) is 12.0 Å². The second-order valence-corrected chi connectivity index (χ2v) is 11.0. The number of hydrogen-bond donors (Lipinski definition) is 2. The van der Waals surface area contributed by atoms with Crippen LogP contribution in [0.5, 0.6) is 0 Å². The molecule has 1 fully saturated rings. The van der Waals surface area contributed by atoms with Crippen molar-refractivity contribution in [3.05, 3.63) is 96.3 Å². The van der Waals surface area contributed by atoms with Crippen LogP contribution in [0.25, 0.3) is 11.3 Å². The van der Waals surface area contributed by atoms with E-state index in [1.165, 1.54) is 24.0 Å². The van der Waals surface area contributed by atoms with Crippen molar-refractivity contribution in [2.45, 2.75) is 17.7 Å². The predicted molar refractivity (Wildman–Crippen MR) is 150 cm³/mol. The van der Waals surface area contributed by atoms with Gasteiger partial charge in [0, 0.05) is 36.1 Å². The summed E-state index contributed by atoms with van der Waals surface area (Å²) in [5.74, 6) is -1.77. The second-order valence-electron chi connectivity index (χ2n) is 9.40. The van der Waals surface area contributed by atoms with Crippen LogP contribution in [-0.4, -0.2) is 56.1 Å². The Morgan fingerprint density at radius 1 is 0.875 bits per heavy atom. The van der Waals surface area contributed by atoms with Crippen LogP contribution in [0, 0.1) is 11.6 Å². The van der Waals surface area contributed by atoms with Gasteiger partial charge in [0.1, 0.15) is 23.8 Å². The average Bonchev–Trinajstić information content (AvgIpc) is 2.95. The summed E-state index contributed by atoms with van der Waals surface area (Å²) >= 11 is 0. The molecule has 0 amide bonds. The summed E-state index contributed by atoms with van der Waals surface area (Å²) in [6.45, 7) is 4.71. The highest BCUT2D eigenvalue weighted by Gasteiger charge is 2.23. The Morgan fingerprint density at radius 2 is 1.55 bits per heavy atom. The second kappa shape index (κ2) is 12.5. The van der Waals surface area contributed by atoms with E-state index in [9.17, 15) is 17.2 Å². The lowest BCUT2D eigenvalue weighted by atomic mass is 10.1. The number of halogens is 2. The summed E-state index contributed by atoms with van der Waals surface area (Å²) in [6.07, 6.45) is 3.58. The van der Waals surface area contributed by atoms with E-state index in [0.29, 0.717) is 11.5 Å². The highest BCUT2D eigenvalue weighted by molar-refractivity contribution is 7.92. The molecule has 0 saturated carbocycles. The Labute approximate surface area is 232 Å². The molecule has 1 aliphatic rings. The van der Waals surface area contributed by atoms with Crippen molar-refractivity contribution in [2.24, 2.45) is 0 Å². The lowest BCUT2D eigenvalue weighted by Crippen LogP contribution is -2.36. The van der Waals surface area contributed by atoms with Crippen molar-refractivity contribution in [1.29, 1.82) is 0 Å². The standard InChI is InChI=1S/C29H29F2N5O3S/c30-25-4-1-5-26(31)29(25)40(37,38)35-24-12-10-23(11-13-24)34-28-19-27(32-20-33-28)22-8-6-21(7-9-22)3-2-14-36-15-17-39-18-16-36/h1,4-13,19-20,35H,2-3,14-18H2,(H,32,33,34). The van der Waals surface area contributed by atoms with E-state index in [4.69, 9.17) is 4.74 Å². The number of sulfonamides is 1. The molecule has 8 nitrogen and oxygen atoms in total. The molecule has 1 aromatic heterocycles. The topological polar surface area (TPSA) is 96.5 Å². The number of hydrogen-bond acceptors (Lipinski definition) is 7. The van der Waals surface area contributed by atoms with Gasteiger partial charge in [-0.25, -0.2) is 27.2 Å². The first-order valence-corrected chi connectivity index (χ1v) is 14.4. The van der Waals surface area contributed by atoms with Crippen molar-refractivity contribution >= 4 is 27.2 Å². The van der Waals surface area contributed by atoms with Gasteiger partial charge in [-0.2, -0.15) is 0 Å². The number of anilines is 3. The monoisotopic (exact) mass is 565 g/mol. The molecule has 3 aromatic carbocycles. The third-order valence-corrected chi connectivity index (χ3v) is 7.99. The lowest BCUT2D eigenvalue weighted by molar-refractivity contribution is 0.0375. The van der Waals surface area contributed by atoms with E-state index in [0.717, 1.165) is 75.1 Å². The van der Waals surface area contributed by atoms with Gasteiger partial charge >= 0.3 is 0 Å². The highest BCUT2D eigenvalue weighted by Crippen LogP contribution is 2.25. The van der Waals surface area contributed by atoms with E-state index in [1.807, 2.05) is 6.07 Å². The summed E-state index contributed by atoms with van der Waals surface area (Å²) < 4.78 is 60.5. The molecule has 4 aromatic rings. The molecule has 11 heteroatoms. The fourth-order valence-corrected chi connectivity index (χ4v) is 5.67. The Hall–Kier alpha value is -3.93. The van der Waals surface area contributed by atoms with Gasteiger partial charge in [0.25, 0.3) is 10.0 Å². The van der Waals surface area contributed by atoms with E-state index in [1.54, 1.807) is 12.1 Å². The molecular formula is C29H29F2N5O3S. The Morgan fingerprint density at radius 3 is 2.25 bits per heavy atom. The molecule has 1 saturated heterocycles. The van der Waals surface area contributed by atoms with Crippen molar-refractivity contribution in [1.82, 2.24) is 14.9 Å². The SMILES string of the molecule is O=S(=O)(Nc1ccc(Nc2cc(-c3ccc(CCCN4CCOCC4)cc3)ncn2)cc1)c1c(F)cccc1F. The summed E-state index contributed by atoms with van der Waals surface area (Å²) in [5, 5.41) is 3.16. The summed E-state index contributed by atoms with van der Waals surface area (Å²) in [5.41, 5.74) is 3.79. The number of nitrogens with zero attached hydrogens (tertiary/aromatic N) is 3. The van der Waals surface area contributed by atoms with E-state index in [-0.39, 0.29) is 5.69 Å². The third-order valence-electron chi connectivity index (χ3n) is 6.56. The van der Waals surface area contributed by atoms with Crippen molar-refractivity contribution in [3.63, 3.8) is 0 Å². The zero-order chi connectivity index (χ0) is 28.0. The quantitative estimate of drug-likeness (QED) is 0.272. The Kier molecular flexibility index (Phi) is 8.63. The van der Waals surface area contributed by atoms with Crippen molar-refractivity contribution in [2.75, 3.05) is 42.9 Å². The number of aryl methyl sites for hydroxylation is 1. The number of rotatable bonds is 10. The van der Waals surface area contributed by atoms with Gasteiger partial charge in [-0.1, -0.05) is 30.3 Å². The number of nitrogens with one attached hydrogen (secondary N) is 2. The fourth-order valence-electron chi connectivity index (χ4n) is 4.47. The highest BCUT2D eigenvalue weighted by atomic mass is 32.2. The van der Waals surface area contributed by atoms with Gasteiger partial charge in [0.2, 0.25) is 0 Å². The first-order chi connectivity index (χ1) is 19.4. The summed E-state index contributed by atoms with van der Waals surface area (Å²) in [4.78, 5) is 10.1. The third kappa shape index (κ3) is 6.98. The zero-order valence-electron chi connectivity index (χ0n) is 21.7. The first kappa shape index (κ1) is 27.6.